The molecule has 3 aromatic rings. The van der Waals surface area contributed by atoms with Gasteiger partial charge in [-0.3, -0.25) is 14.7 Å². The van der Waals surface area contributed by atoms with Gasteiger partial charge in [-0.15, -0.1) is 0 Å². The fourth-order valence-electron chi connectivity index (χ4n) is 3.87. The number of nitrogens with one attached hydrogen (secondary N) is 1. The molecular weight excluding hydrogens is 340 g/mol. The van der Waals surface area contributed by atoms with E-state index in [-0.39, 0.29) is 11.9 Å². The average Bonchev–Trinajstić information content (AvgIpc) is 3.12. The molecule has 27 heavy (non-hydrogen) atoms. The number of amides is 1. The predicted octanol–water partition coefficient (Wildman–Crippen LogP) is 2.52. The van der Waals surface area contributed by atoms with Crippen molar-refractivity contribution in [2.75, 3.05) is 13.6 Å². The highest BCUT2D eigenvalue weighted by Crippen LogP contribution is 2.32. The number of likely N-dealkylation sites (tertiary alicyclic amines) is 1. The molecule has 1 atom stereocenters. The van der Waals surface area contributed by atoms with Gasteiger partial charge < -0.3 is 5.32 Å². The lowest BCUT2D eigenvalue weighted by atomic mass is 9.98. The molecule has 0 saturated carbocycles. The van der Waals surface area contributed by atoms with E-state index >= 15 is 0 Å². The zero-order valence-corrected chi connectivity index (χ0v) is 15.7. The molecule has 0 radical (unpaired) electrons. The van der Waals surface area contributed by atoms with Crippen LogP contribution in [0.3, 0.4) is 0 Å². The van der Waals surface area contributed by atoms with E-state index in [2.05, 4.69) is 37.4 Å². The first kappa shape index (κ1) is 17.6. The molecule has 1 fully saturated rings. The fourth-order valence-corrected chi connectivity index (χ4v) is 3.87. The Morgan fingerprint density at radius 2 is 2.19 bits per heavy atom. The first-order valence-electron chi connectivity index (χ1n) is 9.38. The number of pyridine rings is 1. The van der Waals surface area contributed by atoms with Crippen molar-refractivity contribution in [1.29, 1.82) is 0 Å². The van der Waals surface area contributed by atoms with Crippen LogP contribution in [-0.2, 0) is 6.54 Å². The fraction of sp³-hybridized carbons (Fsp3) is 0.400. The maximum Gasteiger partial charge on any atom is 0.256 e. The summed E-state index contributed by atoms with van der Waals surface area (Å²) < 4.78 is 1.82. The molecule has 1 N–H and O–H groups in total. The Morgan fingerprint density at radius 1 is 1.30 bits per heavy atom. The third-order valence-corrected chi connectivity index (χ3v) is 5.17. The van der Waals surface area contributed by atoms with Crippen molar-refractivity contribution in [1.82, 2.24) is 29.8 Å². The summed E-state index contributed by atoms with van der Waals surface area (Å²) in [5.41, 5.74) is 4.30. The van der Waals surface area contributed by atoms with Crippen molar-refractivity contribution in [2.45, 2.75) is 38.8 Å². The quantitative estimate of drug-likeness (QED) is 0.770. The molecule has 1 aliphatic rings. The molecule has 4 heterocycles. The normalized spacial score (nSPS) is 17.9. The van der Waals surface area contributed by atoms with Gasteiger partial charge in [0.15, 0.2) is 5.65 Å². The number of aromatic nitrogens is 4. The van der Waals surface area contributed by atoms with Crippen LogP contribution in [0.5, 0.6) is 0 Å². The number of rotatable bonds is 4. The maximum absolute atomic E-state index is 12.1. The summed E-state index contributed by atoms with van der Waals surface area (Å²) in [5.74, 6) is -0.167. The second-order valence-corrected chi connectivity index (χ2v) is 6.99. The lowest BCUT2D eigenvalue weighted by Gasteiger charge is -2.35. The van der Waals surface area contributed by atoms with Crippen LogP contribution in [0.2, 0.25) is 0 Å². The van der Waals surface area contributed by atoms with E-state index in [9.17, 15) is 4.79 Å². The van der Waals surface area contributed by atoms with Gasteiger partial charge in [-0.1, -0.05) is 12.5 Å². The molecule has 0 unspecified atom stereocenters. The second-order valence-electron chi connectivity index (χ2n) is 6.99. The molecule has 4 rings (SSSR count). The molecule has 0 aromatic carbocycles. The zero-order chi connectivity index (χ0) is 18.8. The van der Waals surface area contributed by atoms with E-state index in [1.54, 1.807) is 19.4 Å². The minimum Gasteiger partial charge on any atom is -0.355 e. The maximum atomic E-state index is 12.1. The van der Waals surface area contributed by atoms with Gasteiger partial charge >= 0.3 is 0 Å². The van der Waals surface area contributed by atoms with Gasteiger partial charge in [0.1, 0.15) is 5.56 Å². The number of hydrogen-bond acceptors (Lipinski definition) is 5. The number of aryl methyl sites for hydroxylation is 1. The van der Waals surface area contributed by atoms with E-state index in [1.807, 2.05) is 23.6 Å². The van der Waals surface area contributed by atoms with Gasteiger partial charge in [0.05, 0.1) is 23.6 Å². The monoisotopic (exact) mass is 364 g/mol. The molecule has 3 aromatic heterocycles. The van der Waals surface area contributed by atoms with Crippen molar-refractivity contribution in [2.24, 2.45) is 0 Å². The molecule has 1 saturated heterocycles. The van der Waals surface area contributed by atoms with E-state index < -0.39 is 0 Å². The highest BCUT2D eigenvalue weighted by molar-refractivity contribution is 5.99. The minimum atomic E-state index is -0.167. The SMILES string of the molecule is CNC(=O)c1cnn2c([C@H]3CCCCN3Cc3cccc(C)n3)ccnc12. The smallest absolute Gasteiger partial charge is 0.256 e. The lowest BCUT2D eigenvalue weighted by Crippen LogP contribution is -2.34. The Hall–Kier alpha value is -2.80. The molecule has 0 aliphatic carbocycles. The van der Waals surface area contributed by atoms with Crippen LogP contribution < -0.4 is 5.32 Å². The predicted molar refractivity (Wildman–Crippen MR) is 102 cm³/mol. The van der Waals surface area contributed by atoms with Crippen LogP contribution in [0.15, 0.2) is 36.7 Å². The number of hydrogen-bond donors (Lipinski definition) is 1. The van der Waals surface area contributed by atoms with Crippen LogP contribution in [-0.4, -0.2) is 44.0 Å². The van der Waals surface area contributed by atoms with E-state index in [0.29, 0.717) is 11.2 Å². The molecular formula is C20H24N6O. The standard InChI is InChI=1S/C20H24N6O/c1-14-6-5-7-15(24-14)13-25-11-4-3-8-17(25)18-9-10-22-19-16(20(27)21-2)12-23-26(18)19/h5-7,9-10,12,17H,3-4,8,11,13H2,1-2H3,(H,21,27)/t17-/m1/s1. The Bertz CT molecular complexity index is 966. The molecule has 0 spiro atoms. The Morgan fingerprint density at radius 3 is 3.00 bits per heavy atom. The minimum absolute atomic E-state index is 0.167. The molecule has 1 amide bonds. The summed E-state index contributed by atoms with van der Waals surface area (Å²) in [4.78, 5) is 23.6. The van der Waals surface area contributed by atoms with Gasteiger partial charge in [0.2, 0.25) is 0 Å². The summed E-state index contributed by atoms with van der Waals surface area (Å²) in [7, 11) is 1.62. The summed E-state index contributed by atoms with van der Waals surface area (Å²) in [6.45, 7) is 3.85. The first-order chi connectivity index (χ1) is 13.2. The summed E-state index contributed by atoms with van der Waals surface area (Å²) in [6.07, 6.45) is 6.78. The number of fused-ring (bicyclic) bond motifs is 1. The molecule has 1 aliphatic heterocycles. The number of carbonyl (C=O) groups is 1. The highest BCUT2D eigenvalue weighted by atomic mass is 16.1. The third kappa shape index (κ3) is 3.42. The van der Waals surface area contributed by atoms with Gasteiger partial charge in [-0.25, -0.2) is 9.50 Å². The first-order valence-corrected chi connectivity index (χ1v) is 9.38. The number of carbonyl (C=O) groups excluding carboxylic acids is 1. The average molecular weight is 364 g/mol. The molecule has 7 heteroatoms. The van der Waals surface area contributed by atoms with Crippen molar-refractivity contribution in [3.8, 4) is 0 Å². The van der Waals surface area contributed by atoms with E-state index in [1.165, 1.54) is 12.8 Å². The Labute approximate surface area is 158 Å². The summed E-state index contributed by atoms with van der Waals surface area (Å²) in [6, 6.07) is 8.40. The van der Waals surface area contributed by atoms with Gasteiger partial charge in [-0.2, -0.15) is 5.10 Å². The molecule has 140 valence electrons. The van der Waals surface area contributed by atoms with Gasteiger partial charge in [0.25, 0.3) is 5.91 Å². The van der Waals surface area contributed by atoms with E-state index in [0.717, 1.165) is 36.6 Å². The Kier molecular flexibility index (Phi) is 4.85. The topological polar surface area (TPSA) is 75.4 Å². The Balaban J connectivity index is 1.69. The largest absolute Gasteiger partial charge is 0.355 e. The van der Waals surface area contributed by atoms with E-state index in [4.69, 9.17) is 0 Å². The van der Waals surface area contributed by atoms with Gasteiger partial charge in [0, 0.05) is 25.5 Å². The van der Waals surface area contributed by atoms with Gasteiger partial charge in [-0.05, 0) is 44.5 Å². The number of piperidine rings is 1. The van der Waals surface area contributed by atoms with Crippen molar-refractivity contribution < 1.29 is 4.79 Å². The molecule has 0 bridgehead atoms. The second kappa shape index (κ2) is 7.44. The number of nitrogens with zero attached hydrogens (tertiary/aromatic N) is 5. The van der Waals surface area contributed by atoms with Crippen molar-refractivity contribution in [3.05, 3.63) is 59.3 Å². The lowest BCUT2D eigenvalue weighted by molar-refractivity contribution is 0.0964. The zero-order valence-electron chi connectivity index (χ0n) is 15.7. The van der Waals surface area contributed by atoms with Crippen LogP contribution in [0, 0.1) is 6.92 Å². The van der Waals surface area contributed by atoms with Crippen molar-refractivity contribution in [3.63, 3.8) is 0 Å². The van der Waals surface area contributed by atoms with Crippen LogP contribution in [0.1, 0.15) is 52.7 Å². The summed E-state index contributed by atoms with van der Waals surface area (Å²) in [5, 5.41) is 7.12. The van der Waals surface area contributed by atoms with Crippen LogP contribution >= 0.6 is 0 Å². The van der Waals surface area contributed by atoms with Crippen LogP contribution in [0.4, 0.5) is 0 Å². The van der Waals surface area contributed by atoms with Crippen molar-refractivity contribution >= 4 is 11.6 Å². The van der Waals surface area contributed by atoms with Crippen LogP contribution in [0.25, 0.3) is 5.65 Å². The third-order valence-electron chi connectivity index (χ3n) is 5.17. The highest BCUT2D eigenvalue weighted by Gasteiger charge is 2.27. The molecule has 7 nitrogen and oxygen atoms in total. The summed E-state index contributed by atoms with van der Waals surface area (Å²) >= 11 is 0.